The molecule has 1 aromatic carbocycles. The standard InChI is InChI=1S/C10H10Cl2FN/c1-3-4-14(2)9-6-7(11)5-8(12)10(9)13/h3,5-6H,1,4H2,2H3. The summed E-state index contributed by atoms with van der Waals surface area (Å²) in [4.78, 5) is 1.68. The molecule has 4 heteroatoms. The quantitative estimate of drug-likeness (QED) is 0.568. The summed E-state index contributed by atoms with van der Waals surface area (Å²) in [6.45, 7) is 4.11. The summed E-state index contributed by atoms with van der Waals surface area (Å²) < 4.78 is 13.5. The van der Waals surface area contributed by atoms with Gasteiger partial charge in [-0.2, -0.15) is 0 Å². The molecular weight excluding hydrogens is 224 g/mol. The third-order valence-electron chi connectivity index (χ3n) is 1.79. The molecule has 0 spiro atoms. The van der Waals surface area contributed by atoms with E-state index in [1.165, 1.54) is 12.1 Å². The van der Waals surface area contributed by atoms with Crippen molar-refractivity contribution in [1.29, 1.82) is 0 Å². The van der Waals surface area contributed by atoms with Crippen molar-refractivity contribution in [2.24, 2.45) is 0 Å². The number of likely N-dealkylation sites (N-methyl/N-ethyl adjacent to an activating group) is 1. The average molecular weight is 234 g/mol. The van der Waals surface area contributed by atoms with Crippen molar-refractivity contribution in [3.63, 3.8) is 0 Å². The smallest absolute Gasteiger partial charge is 0.165 e. The van der Waals surface area contributed by atoms with Crippen molar-refractivity contribution in [2.75, 3.05) is 18.5 Å². The van der Waals surface area contributed by atoms with Crippen LogP contribution >= 0.6 is 23.2 Å². The number of anilines is 1. The van der Waals surface area contributed by atoms with Crippen LogP contribution in [0.5, 0.6) is 0 Å². The van der Waals surface area contributed by atoms with Gasteiger partial charge in [0.2, 0.25) is 0 Å². The van der Waals surface area contributed by atoms with Crippen LogP contribution in [0.3, 0.4) is 0 Å². The van der Waals surface area contributed by atoms with Gasteiger partial charge in [-0.25, -0.2) is 4.39 Å². The van der Waals surface area contributed by atoms with E-state index in [4.69, 9.17) is 23.2 Å². The Morgan fingerprint density at radius 1 is 1.50 bits per heavy atom. The van der Waals surface area contributed by atoms with Gasteiger partial charge in [0.1, 0.15) is 0 Å². The Bertz CT molecular complexity index is 352. The van der Waals surface area contributed by atoms with Crippen molar-refractivity contribution in [2.45, 2.75) is 0 Å². The molecule has 0 aliphatic carbocycles. The van der Waals surface area contributed by atoms with Gasteiger partial charge in [-0.1, -0.05) is 29.3 Å². The fourth-order valence-electron chi connectivity index (χ4n) is 1.11. The minimum atomic E-state index is -0.458. The van der Waals surface area contributed by atoms with E-state index >= 15 is 0 Å². The molecule has 0 bridgehead atoms. The van der Waals surface area contributed by atoms with Gasteiger partial charge in [-0.15, -0.1) is 6.58 Å². The van der Waals surface area contributed by atoms with Gasteiger partial charge < -0.3 is 4.90 Å². The average Bonchev–Trinajstić information content (AvgIpc) is 2.11. The van der Waals surface area contributed by atoms with E-state index in [0.717, 1.165) is 0 Å². The molecule has 0 aromatic heterocycles. The Kier molecular flexibility index (Phi) is 3.78. The maximum absolute atomic E-state index is 13.5. The Morgan fingerprint density at radius 2 is 2.14 bits per heavy atom. The molecule has 0 amide bonds. The first-order valence-electron chi connectivity index (χ1n) is 4.03. The van der Waals surface area contributed by atoms with Crippen LogP contribution in [-0.4, -0.2) is 13.6 Å². The van der Waals surface area contributed by atoms with Crippen LogP contribution in [0.4, 0.5) is 10.1 Å². The lowest BCUT2D eigenvalue weighted by Gasteiger charge is -2.18. The lowest BCUT2D eigenvalue weighted by molar-refractivity contribution is 0.625. The number of benzene rings is 1. The van der Waals surface area contributed by atoms with E-state index in [-0.39, 0.29) is 5.02 Å². The van der Waals surface area contributed by atoms with Crippen molar-refractivity contribution in [3.05, 3.63) is 40.7 Å². The molecular formula is C10H10Cl2FN. The van der Waals surface area contributed by atoms with Crippen molar-refractivity contribution in [3.8, 4) is 0 Å². The molecule has 0 heterocycles. The molecule has 1 nitrogen and oxygen atoms in total. The highest BCUT2D eigenvalue weighted by Crippen LogP contribution is 2.29. The number of halogens is 3. The second-order valence-electron chi connectivity index (χ2n) is 2.89. The highest BCUT2D eigenvalue weighted by atomic mass is 35.5. The van der Waals surface area contributed by atoms with Crippen LogP contribution in [0.25, 0.3) is 0 Å². The molecule has 1 aromatic rings. The highest BCUT2D eigenvalue weighted by molar-refractivity contribution is 6.35. The largest absolute Gasteiger partial charge is 0.368 e. The Labute approximate surface area is 92.7 Å². The van der Waals surface area contributed by atoms with Crippen LogP contribution in [0.15, 0.2) is 24.8 Å². The lowest BCUT2D eigenvalue weighted by atomic mass is 10.3. The second kappa shape index (κ2) is 4.67. The SMILES string of the molecule is C=CCN(C)c1cc(Cl)cc(Cl)c1F. The van der Waals surface area contributed by atoms with Gasteiger partial charge >= 0.3 is 0 Å². The van der Waals surface area contributed by atoms with E-state index in [1.54, 1.807) is 18.0 Å². The molecule has 0 aliphatic rings. The first-order chi connectivity index (χ1) is 6.56. The first kappa shape index (κ1) is 11.3. The molecule has 76 valence electrons. The molecule has 0 aliphatic heterocycles. The van der Waals surface area contributed by atoms with Gasteiger partial charge in [0.05, 0.1) is 10.7 Å². The van der Waals surface area contributed by atoms with Crippen molar-refractivity contribution in [1.82, 2.24) is 0 Å². The summed E-state index contributed by atoms with van der Waals surface area (Å²) >= 11 is 11.4. The molecule has 0 saturated heterocycles. The van der Waals surface area contributed by atoms with Gasteiger partial charge in [0, 0.05) is 18.6 Å². The first-order valence-corrected chi connectivity index (χ1v) is 4.78. The summed E-state index contributed by atoms with van der Waals surface area (Å²) in [7, 11) is 1.74. The van der Waals surface area contributed by atoms with Crippen LogP contribution in [-0.2, 0) is 0 Å². The molecule has 0 unspecified atom stereocenters. The van der Waals surface area contributed by atoms with Crippen molar-refractivity contribution >= 4 is 28.9 Å². The third kappa shape index (κ3) is 2.40. The number of hydrogen-bond acceptors (Lipinski definition) is 1. The zero-order valence-corrected chi connectivity index (χ0v) is 9.24. The monoisotopic (exact) mass is 233 g/mol. The summed E-state index contributed by atoms with van der Waals surface area (Å²) in [5.41, 5.74) is 0.377. The molecule has 0 saturated carbocycles. The van der Waals surface area contributed by atoms with Gasteiger partial charge in [-0.3, -0.25) is 0 Å². The topological polar surface area (TPSA) is 3.24 Å². The molecule has 0 radical (unpaired) electrons. The number of nitrogens with zero attached hydrogens (tertiary/aromatic N) is 1. The maximum Gasteiger partial charge on any atom is 0.165 e. The normalized spacial score (nSPS) is 10.0. The Morgan fingerprint density at radius 3 is 2.71 bits per heavy atom. The number of hydrogen-bond donors (Lipinski definition) is 0. The van der Waals surface area contributed by atoms with Crippen molar-refractivity contribution < 1.29 is 4.39 Å². The van der Waals surface area contributed by atoms with Crippen LogP contribution in [0, 0.1) is 5.82 Å². The van der Waals surface area contributed by atoms with E-state index in [0.29, 0.717) is 17.3 Å². The second-order valence-corrected chi connectivity index (χ2v) is 3.73. The molecule has 1 rings (SSSR count). The van der Waals surface area contributed by atoms with E-state index in [1.807, 2.05) is 0 Å². The fraction of sp³-hybridized carbons (Fsp3) is 0.200. The Hall–Kier alpha value is -0.730. The van der Waals surface area contributed by atoms with E-state index in [9.17, 15) is 4.39 Å². The minimum absolute atomic E-state index is 0.0309. The summed E-state index contributed by atoms with van der Waals surface area (Å²) in [6, 6.07) is 2.91. The zero-order valence-electron chi connectivity index (χ0n) is 7.73. The Balaban J connectivity index is 3.12. The van der Waals surface area contributed by atoms with E-state index in [2.05, 4.69) is 6.58 Å². The summed E-state index contributed by atoms with van der Waals surface area (Å²) in [6.07, 6.45) is 1.67. The van der Waals surface area contributed by atoms with Crippen LogP contribution in [0.1, 0.15) is 0 Å². The van der Waals surface area contributed by atoms with Gasteiger partial charge in [0.25, 0.3) is 0 Å². The third-order valence-corrected chi connectivity index (χ3v) is 2.28. The fourth-order valence-corrected chi connectivity index (χ4v) is 1.59. The van der Waals surface area contributed by atoms with Crippen LogP contribution < -0.4 is 4.90 Å². The maximum atomic E-state index is 13.5. The van der Waals surface area contributed by atoms with Crippen LogP contribution in [0.2, 0.25) is 10.0 Å². The zero-order chi connectivity index (χ0) is 10.7. The minimum Gasteiger partial charge on any atom is -0.368 e. The highest BCUT2D eigenvalue weighted by Gasteiger charge is 2.11. The molecule has 0 fully saturated rings. The molecule has 0 atom stereocenters. The molecule has 0 N–H and O–H groups in total. The summed E-state index contributed by atoms with van der Waals surface area (Å²) in [5.74, 6) is -0.458. The van der Waals surface area contributed by atoms with Gasteiger partial charge in [-0.05, 0) is 12.1 Å². The van der Waals surface area contributed by atoms with Gasteiger partial charge in [0.15, 0.2) is 5.82 Å². The predicted octanol–water partition coefficient (Wildman–Crippen LogP) is 3.75. The molecule has 14 heavy (non-hydrogen) atoms. The number of rotatable bonds is 3. The predicted molar refractivity (Wildman–Crippen MR) is 59.9 cm³/mol. The summed E-state index contributed by atoms with van der Waals surface area (Å²) in [5, 5.41) is 0.450. The lowest BCUT2D eigenvalue weighted by Crippen LogP contribution is -2.18. The van der Waals surface area contributed by atoms with E-state index < -0.39 is 5.82 Å².